The molecule has 0 radical (unpaired) electrons. The molecule has 0 bridgehead atoms. The molecule has 0 fully saturated rings. The number of nitro benzene ring substituents is 1. The fourth-order valence-corrected chi connectivity index (χ4v) is 2.15. The van der Waals surface area contributed by atoms with E-state index in [0.717, 1.165) is 10.8 Å². The Morgan fingerprint density at radius 3 is 2.67 bits per heavy atom. The zero-order valence-electron chi connectivity index (χ0n) is 9.74. The number of nitrogens with zero attached hydrogens (tertiary/aromatic N) is 3. The molecule has 1 aromatic heterocycles. The molecule has 0 aliphatic rings. The van der Waals surface area contributed by atoms with Gasteiger partial charge in [-0.2, -0.15) is 5.10 Å². The van der Waals surface area contributed by atoms with Crippen LogP contribution in [0, 0.1) is 10.1 Å². The molecule has 2 rings (SSSR count). The Morgan fingerprint density at radius 2 is 2.11 bits per heavy atom. The van der Waals surface area contributed by atoms with Gasteiger partial charge in [-0.15, -0.1) is 11.8 Å². The van der Waals surface area contributed by atoms with Crippen LogP contribution in [0.1, 0.15) is 6.92 Å². The van der Waals surface area contributed by atoms with Crippen LogP contribution in [-0.2, 0) is 0 Å². The monoisotopic (exact) mass is 264 g/mol. The van der Waals surface area contributed by atoms with Gasteiger partial charge in [-0.3, -0.25) is 10.1 Å². The van der Waals surface area contributed by atoms with Crippen LogP contribution in [0.4, 0.5) is 11.5 Å². The van der Waals surface area contributed by atoms with Gasteiger partial charge in [0.25, 0.3) is 5.69 Å². The molecule has 1 heterocycles. The fraction of sp³-hybridized carbons (Fsp3) is 0.182. The van der Waals surface area contributed by atoms with Crippen molar-refractivity contribution in [3.63, 3.8) is 0 Å². The summed E-state index contributed by atoms with van der Waals surface area (Å²) < 4.78 is 1.57. The Balaban J connectivity index is 2.33. The van der Waals surface area contributed by atoms with E-state index >= 15 is 0 Å². The molecule has 94 valence electrons. The summed E-state index contributed by atoms with van der Waals surface area (Å²) in [4.78, 5) is 10.1. The molecule has 7 heteroatoms. The maximum Gasteiger partial charge on any atom is 0.269 e. The maximum atomic E-state index is 10.6. The molecule has 0 saturated heterocycles. The summed E-state index contributed by atoms with van der Waals surface area (Å²) >= 11 is 1.59. The first kappa shape index (κ1) is 12.4. The van der Waals surface area contributed by atoms with E-state index in [4.69, 9.17) is 5.73 Å². The number of non-ortho nitro benzene ring substituents is 1. The second-order valence-corrected chi connectivity index (χ2v) is 4.81. The summed E-state index contributed by atoms with van der Waals surface area (Å²) in [6.45, 7) is 2.03. The number of nitro groups is 1. The second kappa shape index (κ2) is 5.09. The molecule has 0 aliphatic carbocycles. The fourth-order valence-electron chi connectivity index (χ4n) is 1.51. The molecule has 0 aliphatic heterocycles. The number of nitrogen functional groups attached to an aromatic ring is 1. The number of nitrogens with two attached hydrogens (primary N) is 1. The van der Waals surface area contributed by atoms with Crippen molar-refractivity contribution >= 4 is 23.3 Å². The van der Waals surface area contributed by atoms with Gasteiger partial charge in [0, 0.05) is 18.2 Å². The summed E-state index contributed by atoms with van der Waals surface area (Å²) in [7, 11) is 0. The number of anilines is 1. The van der Waals surface area contributed by atoms with E-state index in [1.807, 2.05) is 6.92 Å². The summed E-state index contributed by atoms with van der Waals surface area (Å²) in [6.07, 6.45) is 0. The quantitative estimate of drug-likeness (QED) is 0.520. The number of thioether (sulfide) groups is 1. The van der Waals surface area contributed by atoms with Crippen molar-refractivity contribution in [2.24, 2.45) is 0 Å². The van der Waals surface area contributed by atoms with Crippen molar-refractivity contribution < 1.29 is 4.92 Å². The third-order valence-electron chi connectivity index (χ3n) is 2.31. The van der Waals surface area contributed by atoms with Crippen LogP contribution in [0.5, 0.6) is 0 Å². The minimum Gasteiger partial charge on any atom is -0.384 e. The Kier molecular flexibility index (Phi) is 3.52. The van der Waals surface area contributed by atoms with E-state index in [2.05, 4.69) is 5.10 Å². The Hall–Kier alpha value is -2.02. The summed E-state index contributed by atoms with van der Waals surface area (Å²) in [5, 5.41) is 15.7. The van der Waals surface area contributed by atoms with Gasteiger partial charge in [0.15, 0.2) is 0 Å². The first-order valence-electron chi connectivity index (χ1n) is 5.35. The first-order chi connectivity index (χ1) is 8.61. The van der Waals surface area contributed by atoms with Crippen molar-refractivity contribution in [3.05, 3.63) is 40.4 Å². The van der Waals surface area contributed by atoms with E-state index in [0.29, 0.717) is 11.5 Å². The molecule has 2 N–H and O–H groups in total. The Morgan fingerprint density at radius 1 is 1.44 bits per heavy atom. The highest BCUT2D eigenvalue weighted by atomic mass is 32.2. The molecule has 18 heavy (non-hydrogen) atoms. The van der Waals surface area contributed by atoms with E-state index < -0.39 is 4.92 Å². The lowest BCUT2D eigenvalue weighted by Gasteiger charge is -2.02. The lowest BCUT2D eigenvalue weighted by atomic mass is 10.3. The van der Waals surface area contributed by atoms with Crippen LogP contribution in [0.3, 0.4) is 0 Å². The van der Waals surface area contributed by atoms with E-state index in [-0.39, 0.29) is 5.69 Å². The summed E-state index contributed by atoms with van der Waals surface area (Å²) in [6, 6.07) is 7.91. The zero-order valence-corrected chi connectivity index (χ0v) is 10.6. The van der Waals surface area contributed by atoms with Crippen molar-refractivity contribution in [2.45, 2.75) is 11.9 Å². The molecule has 0 saturated carbocycles. The van der Waals surface area contributed by atoms with Crippen LogP contribution in [0.25, 0.3) is 5.69 Å². The number of benzene rings is 1. The van der Waals surface area contributed by atoms with E-state index in [1.165, 1.54) is 12.1 Å². The largest absolute Gasteiger partial charge is 0.384 e. The molecular weight excluding hydrogens is 252 g/mol. The topological polar surface area (TPSA) is 87.0 Å². The lowest BCUT2D eigenvalue weighted by Crippen LogP contribution is -2.01. The van der Waals surface area contributed by atoms with Gasteiger partial charge in [-0.1, -0.05) is 6.92 Å². The van der Waals surface area contributed by atoms with Crippen molar-refractivity contribution in [1.82, 2.24) is 9.78 Å². The highest BCUT2D eigenvalue weighted by Crippen LogP contribution is 2.22. The molecule has 1 aromatic carbocycles. The molecule has 0 amide bonds. The van der Waals surface area contributed by atoms with Gasteiger partial charge < -0.3 is 5.73 Å². The maximum absolute atomic E-state index is 10.6. The molecule has 6 nitrogen and oxygen atoms in total. The van der Waals surface area contributed by atoms with Crippen LogP contribution in [-0.4, -0.2) is 20.5 Å². The predicted octanol–water partition coefficient (Wildman–Crippen LogP) is 2.47. The normalized spacial score (nSPS) is 10.5. The first-order valence-corrected chi connectivity index (χ1v) is 6.33. The Labute approximate surface area is 108 Å². The smallest absolute Gasteiger partial charge is 0.269 e. The SMILES string of the molecule is CCSc1cc(N)n(-c2ccc([N+](=O)[O-])cc2)n1. The second-order valence-electron chi connectivity index (χ2n) is 3.53. The minimum absolute atomic E-state index is 0.0487. The number of hydrogen-bond donors (Lipinski definition) is 1. The Bertz CT molecular complexity index is 565. The van der Waals surface area contributed by atoms with Gasteiger partial charge >= 0.3 is 0 Å². The predicted molar refractivity (Wildman–Crippen MR) is 71.0 cm³/mol. The molecule has 0 unspecified atom stereocenters. The molecular formula is C11H12N4O2S. The highest BCUT2D eigenvalue weighted by Gasteiger charge is 2.09. The number of rotatable bonds is 4. The number of aromatic nitrogens is 2. The van der Waals surface area contributed by atoms with Crippen molar-refractivity contribution in [3.8, 4) is 5.69 Å². The molecule has 2 aromatic rings. The van der Waals surface area contributed by atoms with Crippen LogP contribution >= 0.6 is 11.8 Å². The van der Waals surface area contributed by atoms with Crippen LogP contribution in [0.15, 0.2) is 35.4 Å². The van der Waals surface area contributed by atoms with Crippen LogP contribution in [0.2, 0.25) is 0 Å². The average molecular weight is 264 g/mol. The lowest BCUT2D eigenvalue weighted by molar-refractivity contribution is -0.384. The molecule has 0 atom stereocenters. The van der Waals surface area contributed by atoms with Gasteiger partial charge in [0.1, 0.15) is 10.8 Å². The summed E-state index contributed by atoms with van der Waals surface area (Å²) in [5.41, 5.74) is 6.61. The van der Waals surface area contributed by atoms with Crippen LogP contribution < -0.4 is 5.73 Å². The van der Waals surface area contributed by atoms with Gasteiger partial charge in [0.05, 0.1) is 10.6 Å². The minimum atomic E-state index is -0.436. The van der Waals surface area contributed by atoms with Gasteiger partial charge in [-0.05, 0) is 17.9 Å². The van der Waals surface area contributed by atoms with E-state index in [1.54, 1.807) is 34.6 Å². The third kappa shape index (κ3) is 2.45. The number of hydrogen-bond acceptors (Lipinski definition) is 5. The van der Waals surface area contributed by atoms with Crippen molar-refractivity contribution in [2.75, 3.05) is 11.5 Å². The van der Waals surface area contributed by atoms with E-state index in [9.17, 15) is 10.1 Å². The third-order valence-corrected chi connectivity index (χ3v) is 3.10. The highest BCUT2D eigenvalue weighted by molar-refractivity contribution is 7.99. The van der Waals surface area contributed by atoms with Gasteiger partial charge in [-0.25, -0.2) is 4.68 Å². The van der Waals surface area contributed by atoms with Crippen molar-refractivity contribution in [1.29, 1.82) is 0 Å². The summed E-state index contributed by atoms with van der Waals surface area (Å²) in [5.74, 6) is 1.43. The standard InChI is InChI=1S/C11H12N4O2S/c1-2-18-11-7-10(12)14(13-11)8-3-5-9(6-4-8)15(16)17/h3-7H,2,12H2,1H3. The molecule has 0 spiro atoms. The average Bonchev–Trinajstić information content (AvgIpc) is 2.71. The van der Waals surface area contributed by atoms with Gasteiger partial charge in [0.2, 0.25) is 0 Å². The zero-order chi connectivity index (χ0) is 13.1.